The molecule has 1 heterocycles. The van der Waals surface area contributed by atoms with Crippen LogP contribution in [0.1, 0.15) is 13.8 Å². The van der Waals surface area contributed by atoms with Gasteiger partial charge in [-0.3, -0.25) is 10.1 Å². The van der Waals surface area contributed by atoms with Crippen molar-refractivity contribution in [2.24, 2.45) is 0 Å². The largest absolute Gasteiger partial charge is 0.377 e. The zero-order valence-corrected chi connectivity index (χ0v) is 17.8. The molecule has 29 heavy (non-hydrogen) atoms. The molecule has 10 heteroatoms. The minimum absolute atomic E-state index is 0.0198. The van der Waals surface area contributed by atoms with Gasteiger partial charge >= 0.3 is 0 Å². The average molecular weight is 439 g/mol. The van der Waals surface area contributed by atoms with Gasteiger partial charge in [0, 0.05) is 49.0 Å². The molecule has 1 fully saturated rings. The van der Waals surface area contributed by atoms with Gasteiger partial charge in [-0.2, -0.15) is 4.31 Å². The van der Waals surface area contributed by atoms with Gasteiger partial charge in [-0.15, -0.1) is 0 Å². The first kappa shape index (κ1) is 21.4. The molecule has 1 N–H and O–H groups in total. The Labute approximate surface area is 175 Å². The molecule has 0 aliphatic carbocycles. The third-order valence-corrected chi connectivity index (χ3v) is 6.84. The number of nitrogens with zero attached hydrogens (tertiary/aromatic N) is 3. The van der Waals surface area contributed by atoms with Crippen LogP contribution in [0.4, 0.5) is 17.1 Å². The Balaban J connectivity index is 1.75. The molecule has 0 amide bonds. The Morgan fingerprint density at radius 3 is 2.24 bits per heavy atom. The molecule has 0 unspecified atom stereocenters. The summed E-state index contributed by atoms with van der Waals surface area (Å²) in [6, 6.07) is 11.1. The van der Waals surface area contributed by atoms with Crippen molar-refractivity contribution in [2.45, 2.75) is 24.8 Å². The molecular weight excluding hydrogens is 416 g/mol. The summed E-state index contributed by atoms with van der Waals surface area (Å²) in [7, 11) is -3.58. The highest BCUT2D eigenvalue weighted by molar-refractivity contribution is 7.89. The summed E-state index contributed by atoms with van der Waals surface area (Å²) in [5.41, 5.74) is 1.30. The molecule has 2 aromatic rings. The SMILES string of the molecule is CC(C)Nc1cc(N2CCN(S(=O)(=O)c3ccc(Cl)cc3)CC2)ccc1[N+](=O)[O-]. The highest BCUT2D eigenvalue weighted by Gasteiger charge is 2.29. The number of anilines is 2. The molecule has 156 valence electrons. The minimum atomic E-state index is -3.58. The van der Waals surface area contributed by atoms with Crippen molar-refractivity contribution < 1.29 is 13.3 Å². The number of piperazine rings is 1. The van der Waals surface area contributed by atoms with E-state index in [9.17, 15) is 18.5 Å². The lowest BCUT2D eigenvalue weighted by molar-refractivity contribution is -0.384. The van der Waals surface area contributed by atoms with E-state index in [1.165, 1.54) is 22.5 Å². The summed E-state index contributed by atoms with van der Waals surface area (Å²) in [4.78, 5) is 13.1. The van der Waals surface area contributed by atoms with Crippen LogP contribution < -0.4 is 10.2 Å². The van der Waals surface area contributed by atoms with Crippen LogP contribution in [0.5, 0.6) is 0 Å². The maximum absolute atomic E-state index is 12.8. The molecule has 8 nitrogen and oxygen atoms in total. The molecule has 3 rings (SSSR count). The van der Waals surface area contributed by atoms with Crippen molar-refractivity contribution in [3.8, 4) is 0 Å². The number of halogens is 1. The summed E-state index contributed by atoms with van der Waals surface area (Å²) in [6.07, 6.45) is 0. The first-order valence-electron chi connectivity index (χ1n) is 9.24. The molecule has 1 aliphatic heterocycles. The Hall–Kier alpha value is -2.36. The molecule has 0 radical (unpaired) electrons. The number of hydrogen-bond donors (Lipinski definition) is 1. The maximum Gasteiger partial charge on any atom is 0.292 e. The number of sulfonamides is 1. The van der Waals surface area contributed by atoms with Gasteiger partial charge < -0.3 is 10.2 Å². The molecule has 0 aromatic heterocycles. The summed E-state index contributed by atoms with van der Waals surface area (Å²) < 4.78 is 27.1. The van der Waals surface area contributed by atoms with Crippen LogP contribution in [0.25, 0.3) is 0 Å². The first-order chi connectivity index (χ1) is 13.7. The topological polar surface area (TPSA) is 95.8 Å². The summed E-state index contributed by atoms with van der Waals surface area (Å²) >= 11 is 5.85. The van der Waals surface area contributed by atoms with Crippen LogP contribution in [0.2, 0.25) is 5.02 Å². The van der Waals surface area contributed by atoms with Crippen molar-refractivity contribution in [3.63, 3.8) is 0 Å². The number of nitrogens with one attached hydrogen (secondary N) is 1. The fraction of sp³-hybridized carbons (Fsp3) is 0.368. The summed E-state index contributed by atoms with van der Waals surface area (Å²) in [5, 5.41) is 14.9. The Bertz CT molecular complexity index is 988. The van der Waals surface area contributed by atoms with Crippen molar-refractivity contribution in [1.29, 1.82) is 0 Å². The van der Waals surface area contributed by atoms with E-state index in [0.717, 1.165) is 5.69 Å². The fourth-order valence-corrected chi connectivity index (χ4v) is 4.80. The van der Waals surface area contributed by atoms with Crippen molar-refractivity contribution >= 4 is 38.7 Å². The van der Waals surface area contributed by atoms with E-state index in [-0.39, 0.29) is 16.6 Å². The lowest BCUT2D eigenvalue weighted by Gasteiger charge is -2.35. The van der Waals surface area contributed by atoms with Gasteiger partial charge in [0.05, 0.1) is 9.82 Å². The lowest BCUT2D eigenvalue weighted by atomic mass is 10.2. The molecule has 1 aliphatic rings. The third-order valence-electron chi connectivity index (χ3n) is 4.68. The first-order valence-corrected chi connectivity index (χ1v) is 11.1. The van der Waals surface area contributed by atoms with Gasteiger partial charge in [0.15, 0.2) is 0 Å². The Kier molecular flexibility index (Phi) is 6.30. The number of hydrogen-bond acceptors (Lipinski definition) is 6. The van der Waals surface area contributed by atoms with Gasteiger partial charge in [0.2, 0.25) is 10.0 Å². The molecule has 0 saturated carbocycles. The number of nitro groups is 1. The summed E-state index contributed by atoms with van der Waals surface area (Å²) in [6.45, 7) is 5.47. The van der Waals surface area contributed by atoms with Crippen molar-refractivity contribution in [3.05, 3.63) is 57.6 Å². The van der Waals surface area contributed by atoms with Gasteiger partial charge in [-0.25, -0.2) is 8.42 Å². The lowest BCUT2D eigenvalue weighted by Crippen LogP contribution is -2.48. The smallest absolute Gasteiger partial charge is 0.292 e. The van der Waals surface area contributed by atoms with Gasteiger partial charge in [0.1, 0.15) is 5.69 Å². The van der Waals surface area contributed by atoms with E-state index in [2.05, 4.69) is 5.32 Å². The van der Waals surface area contributed by atoms with Crippen LogP contribution >= 0.6 is 11.6 Å². The van der Waals surface area contributed by atoms with Gasteiger partial charge in [-0.1, -0.05) is 11.6 Å². The molecule has 1 saturated heterocycles. The monoisotopic (exact) mass is 438 g/mol. The number of nitro benzene ring substituents is 1. The van der Waals surface area contributed by atoms with E-state index >= 15 is 0 Å². The second-order valence-electron chi connectivity index (χ2n) is 7.10. The standard InChI is InChI=1S/C19H23ClN4O4S/c1-14(2)21-18-13-16(5-8-19(18)24(25)26)22-9-11-23(12-10-22)29(27,28)17-6-3-15(20)4-7-17/h3-8,13-14,21H,9-12H2,1-2H3. The van der Waals surface area contributed by atoms with Gasteiger partial charge in [-0.05, 0) is 50.2 Å². The second-order valence-corrected chi connectivity index (χ2v) is 9.48. The predicted octanol–water partition coefficient (Wildman–Crippen LogP) is 3.58. The van der Waals surface area contributed by atoms with Crippen LogP contribution in [0.15, 0.2) is 47.4 Å². The van der Waals surface area contributed by atoms with E-state index in [4.69, 9.17) is 11.6 Å². The zero-order chi connectivity index (χ0) is 21.2. The minimum Gasteiger partial charge on any atom is -0.377 e. The predicted molar refractivity (Wildman–Crippen MR) is 114 cm³/mol. The van der Waals surface area contributed by atoms with Crippen LogP contribution in [-0.4, -0.2) is 49.9 Å². The molecular formula is C19H23ClN4O4S. The van der Waals surface area contributed by atoms with Crippen LogP contribution in [-0.2, 0) is 10.0 Å². The van der Waals surface area contributed by atoms with Crippen LogP contribution in [0.3, 0.4) is 0 Å². The van der Waals surface area contributed by atoms with E-state index in [1.807, 2.05) is 18.7 Å². The fourth-order valence-electron chi connectivity index (χ4n) is 3.25. The normalized spacial score (nSPS) is 15.5. The Morgan fingerprint density at radius 2 is 1.69 bits per heavy atom. The molecule has 2 aromatic carbocycles. The third kappa shape index (κ3) is 4.80. The van der Waals surface area contributed by atoms with E-state index in [0.29, 0.717) is 36.9 Å². The maximum atomic E-state index is 12.8. The van der Waals surface area contributed by atoms with Crippen molar-refractivity contribution in [1.82, 2.24) is 4.31 Å². The molecule has 0 spiro atoms. The van der Waals surface area contributed by atoms with E-state index < -0.39 is 14.9 Å². The average Bonchev–Trinajstić information content (AvgIpc) is 2.67. The Morgan fingerprint density at radius 1 is 1.07 bits per heavy atom. The molecule has 0 bridgehead atoms. The second kappa shape index (κ2) is 8.56. The molecule has 0 atom stereocenters. The highest BCUT2D eigenvalue weighted by atomic mass is 35.5. The zero-order valence-electron chi connectivity index (χ0n) is 16.2. The van der Waals surface area contributed by atoms with Crippen LogP contribution in [0, 0.1) is 10.1 Å². The van der Waals surface area contributed by atoms with E-state index in [1.54, 1.807) is 24.3 Å². The van der Waals surface area contributed by atoms with Gasteiger partial charge in [0.25, 0.3) is 5.69 Å². The number of rotatable bonds is 6. The number of benzene rings is 2. The highest BCUT2D eigenvalue weighted by Crippen LogP contribution is 2.31. The summed E-state index contributed by atoms with van der Waals surface area (Å²) in [5.74, 6) is 0. The van der Waals surface area contributed by atoms with Crippen molar-refractivity contribution in [2.75, 3.05) is 36.4 Å². The quantitative estimate of drug-likeness (QED) is 0.547.